The Balaban J connectivity index is 1.57. The first-order valence-corrected chi connectivity index (χ1v) is 12.5. The van der Waals surface area contributed by atoms with Gasteiger partial charge in [-0.25, -0.2) is 8.42 Å². The summed E-state index contributed by atoms with van der Waals surface area (Å²) in [5.41, 5.74) is 1.89. The molecule has 1 unspecified atom stereocenters. The van der Waals surface area contributed by atoms with E-state index in [9.17, 15) is 31.2 Å². The van der Waals surface area contributed by atoms with Gasteiger partial charge in [-0.1, -0.05) is 30.3 Å². The minimum atomic E-state index is -4.85. The molecule has 2 amide bonds. The summed E-state index contributed by atoms with van der Waals surface area (Å²) in [4.78, 5) is 24.8. The summed E-state index contributed by atoms with van der Waals surface area (Å²) in [6.45, 7) is 0. The first-order chi connectivity index (χ1) is 17.0. The summed E-state index contributed by atoms with van der Waals surface area (Å²) >= 11 is 0. The molecule has 0 radical (unpaired) electrons. The first-order valence-electron chi connectivity index (χ1n) is 10.9. The summed E-state index contributed by atoms with van der Waals surface area (Å²) in [6.07, 6.45) is -4.20. The van der Waals surface area contributed by atoms with Crippen LogP contribution in [0.4, 0.5) is 24.5 Å². The number of alkyl halides is 3. The molecular weight excluding hydrogens is 497 g/mol. The number of rotatable bonds is 7. The molecule has 0 fully saturated rings. The van der Waals surface area contributed by atoms with Gasteiger partial charge in [0.2, 0.25) is 11.8 Å². The number of fused-ring (bicyclic) bond motifs is 1. The fraction of sp³-hybridized carbons (Fsp3) is 0.200. The van der Waals surface area contributed by atoms with Crippen LogP contribution in [0.1, 0.15) is 23.5 Å². The molecule has 7 nitrogen and oxygen atoms in total. The molecule has 0 saturated heterocycles. The van der Waals surface area contributed by atoms with E-state index in [1.165, 1.54) is 30.3 Å². The molecule has 0 aliphatic carbocycles. The van der Waals surface area contributed by atoms with E-state index in [1.807, 2.05) is 0 Å². The van der Waals surface area contributed by atoms with E-state index < -0.39 is 39.5 Å². The number of benzene rings is 3. The maximum atomic E-state index is 13.3. The number of aryl methyl sites for hydroxylation is 1. The van der Waals surface area contributed by atoms with Gasteiger partial charge in [0.1, 0.15) is 5.75 Å². The Hall–Kier alpha value is -3.86. The van der Waals surface area contributed by atoms with Gasteiger partial charge in [0.25, 0.3) is 0 Å². The molecule has 188 valence electrons. The van der Waals surface area contributed by atoms with Crippen LogP contribution in [0.3, 0.4) is 0 Å². The number of sulfone groups is 1. The van der Waals surface area contributed by atoms with Gasteiger partial charge in [-0.2, -0.15) is 0 Å². The molecular formula is C25H21F3N2O5S. The number of anilines is 2. The third-order valence-corrected chi connectivity index (χ3v) is 7.34. The Kier molecular flexibility index (Phi) is 7.02. The van der Waals surface area contributed by atoms with Crippen LogP contribution in [-0.4, -0.2) is 32.3 Å². The molecule has 0 bridgehead atoms. The number of carbonyl (C=O) groups excluding carboxylic acids is 2. The maximum absolute atomic E-state index is 13.3. The van der Waals surface area contributed by atoms with Gasteiger partial charge < -0.3 is 15.4 Å². The summed E-state index contributed by atoms with van der Waals surface area (Å²) < 4.78 is 67.6. The number of ether oxygens (including phenoxy) is 1. The van der Waals surface area contributed by atoms with E-state index in [4.69, 9.17) is 0 Å². The molecule has 1 aliphatic rings. The van der Waals surface area contributed by atoms with Crippen LogP contribution in [0.25, 0.3) is 0 Å². The molecule has 1 aliphatic heterocycles. The molecule has 11 heteroatoms. The van der Waals surface area contributed by atoms with Gasteiger partial charge in [0.05, 0.1) is 16.6 Å². The number of halogens is 3. The first kappa shape index (κ1) is 25.2. The van der Waals surface area contributed by atoms with Crippen molar-refractivity contribution >= 4 is 33.0 Å². The van der Waals surface area contributed by atoms with E-state index in [0.29, 0.717) is 23.2 Å². The fourth-order valence-electron chi connectivity index (χ4n) is 3.85. The van der Waals surface area contributed by atoms with E-state index in [-0.39, 0.29) is 22.9 Å². The Labute approximate surface area is 205 Å². The second-order valence-electron chi connectivity index (χ2n) is 8.17. The van der Waals surface area contributed by atoms with E-state index in [0.717, 1.165) is 12.1 Å². The van der Waals surface area contributed by atoms with Crippen molar-refractivity contribution in [3.63, 3.8) is 0 Å². The zero-order valence-corrected chi connectivity index (χ0v) is 19.5. The third kappa shape index (κ3) is 6.22. The number of nitrogens with one attached hydrogen (secondary N) is 2. The van der Waals surface area contributed by atoms with Crippen LogP contribution in [0.15, 0.2) is 77.7 Å². The Morgan fingerprint density at radius 1 is 1.00 bits per heavy atom. The number of carbonyl (C=O) groups is 2. The van der Waals surface area contributed by atoms with E-state index >= 15 is 0 Å². The van der Waals surface area contributed by atoms with Crippen LogP contribution in [0.2, 0.25) is 0 Å². The number of hydrogen-bond donors (Lipinski definition) is 2. The number of hydrogen-bond acceptors (Lipinski definition) is 5. The SMILES string of the molecule is O=C1CCc2cc(S(=O)(=O)CC(C(=O)Nc3ccc(OC(F)(F)F)cc3)c3ccccc3)ccc2N1. The highest BCUT2D eigenvalue weighted by Crippen LogP contribution is 2.29. The van der Waals surface area contributed by atoms with Crippen LogP contribution in [0, 0.1) is 0 Å². The summed E-state index contributed by atoms with van der Waals surface area (Å²) in [5, 5.41) is 5.27. The van der Waals surface area contributed by atoms with Crippen molar-refractivity contribution in [2.45, 2.75) is 30.0 Å². The van der Waals surface area contributed by atoms with Gasteiger partial charge in [0, 0.05) is 17.8 Å². The average Bonchev–Trinajstić information content (AvgIpc) is 2.83. The largest absolute Gasteiger partial charge is 0.573 e. The Morgan fingerprint density at radius 2 is 1.69 bits per heavy atom. The maximum Gasteiger partial charge on any atom is 0.573 e. The topological polar surface area (TPSA) is 102 Å². The second-order valence-corrected chi connectivity index (χ2v) is 10.2. The molecule has 4 rings (SSSR count). The lowest BCUT2D eigenvalue weighted by molar-refractivity contribution is -0.274. The van der Waals surface area contributed by atoms with Crippen molar-refractivity contribution in [1.29, 1.82) is 0 Å². The normalized spacial score (nSPS) is 14.4. The Morgan fingerprint density at radius 3 is 2.36 bits per heavy atom. The quantitative estimate of drug-likeness (QED) is 0.474. The van der Waals surface area contributed by atoms with Crippen LogP contribution >= 0.6 is 0 Å². The van der Waals surface area contributed by atoms with Crippen molar-refractivity contribution < 1.29 is 35.9 Å². The van der Waals surface area contributed by atoms with Gasteiger partial charge in [-0.3, -0.25) is 9.59 Å². The minimum Gasteiger partial charge on any atom is -0.406 e. The van der Waals surface area contributed by atoms with Crippen molar-refractivity contribution in [1.82, 2.24) is 0 Å². The van der Waals surface area contributed by atoms with Crippen LogP contribution in [-0.2, 0) is 25.8 Å². The average molecular weight is 519 g/mol. The summed E-state index contributed by atoms with van der Waals surface area (Å²) in [5.74, 6) is -2.87. The molecule has 2 N–H and O–H groups in total. The molecule has 0 spiro atoms. The van der Waals surface area contributed by atoms with Gasteiger partial charge >= 0.3 is 6.36 Å². The zero-order chi connectivity index (χ0) is 25.9. The summed E-state index contributed by atoms with van der Waals surface area (Å²) in [6, 6.07) is 17.3. The Bertz CT molecular complexity index is 1380. The third-order valence-electron chi connectivity index (χ3n) is 5.59. The smallest absolute Gasteiger partial charge is 0.406 e. The lowest BCUT2D eigenvalue weighted by Gasteiger charge is -2.20. The molecule has 3 aromatic rings. The highest BCUT2D eigenvalue weighted by atomic mass is 32.2. The molecule has 1 atom stereocenters. The van der Waals surface area contributed by atoms with Crippen molar-refractivity contribution in [2.24, 2.45) is 0 Å². The number of amides is 2. The lowest BCUT2D eigenvalue weighted by Crippen LogP contribution is -2.28. The monoisotopic (exact) mass is 518 g/mol. The molecule has 36 heavy (non-hydrogen) atoms. The van der Waals surface area contributed by atoms with Crippen molar-refractivity contribution in [2.75, 3.05) is 16.4 Å². The van der Waals surface area contributed by atoms with E-state index in [2.05, 4.69) is 15.4 Å². The highest BCUT2D eigenvalue weighted by Gasteiger charge is 2.32. The van der Waals surface area contributed by atoms with Crippen molar-refractivity contribution in [3.8, 4) is 5.75 Å². The fourth-order valence-corrected chi connectivity index (χ4v) is 5.42. The summed E-state index contributed by atoms with van der Waals surface area (Å²) in [7, 11) is -3.94. The predicted molar refractivity (Wildman–Crippen MR) is 126 cm³/mol. The van der Waals surface area contributed by atoms with Crippen LogP contribution in [0.5, 0.6) is 5.75 Å². The minimum absolute atomic E-state index is 0.0276. The van der Waals surface area contributed by atoms with E-state index in [1.54, 1.807) is 30.3 Å². The second kappa shape index (κ2) is 10.0. The molecule has 0 saturated carbocycles. The van der Waals surface area contributed by atoms with Gasteiger partial charge in [-0.15, -0.1) is 13.2 Å². The highest BCUT2D eigenvalue weighted by molar-refractivity contribution is 7.91. The molecule has 1 heterocycles. The zero-order valence-electron chi connectivity index (χ0n) is 18.7. The molecule has 0 aromatic heterocycles. The predicted octanol–water partition coefficient (Wildman–Crippen LogP) is 4.67. The van der Waals surface area contributed by atoms with Gasteiger partial charge in [-0.05, 0) is 60.0 Å². The van der Waals surface area contributed by atoms with Crippen molar-refractivity contribution in [3.05, 3.63) is 83.9 Å². The van der Waals surface area contributed by atoms with Gasteiger partial charge in [0.15, 0.2) is 9.84 Å². The standard InChI is InChI=1S/C25H21F3N2O5S/c26-25(27,28)35-19-9-7-18(8-10-19)29-24(32)21(16-4-2-1-3-5-16)15-36(33,34)20-11-12-22-17(14-20)6-13-23(31)30-22/h1-5,7-12,14,21H,6,13,15H2,(H,29,32)(H,30,31). The van der Waals surface area contributed by atoms with Crippen LogP contribution < -0.4 is 15.4 Å². The molecule has 3 aromatic carbocycles. The lowest BCUT2D eigenvalue weighted by atomic mass is 10.00.